The van der Waals surface area contributed by atoms with Crippen LogP contribution >= 0.6 is 0 Å². The van der Waals surface area contributed by atoms with Gasteiger partial charge < -0.3 is 4.74 Å². The summed E-state index contributed by atoms with van der Waals surface area (Å²) in [4.78, 5) is 4.19. The van der Waals surface area contributed by atoms with E-state index in [0.717, 1.165) is 5.69 Å². The van der Waals surface area contributed by atoms with Crippen molar-refractivity contribution in [3.8, 4) is 0 Å². The molecule has 1 heterocycles. The normalized spacial score (nSPS) is 11.4. The molecule has 1 aromatic heterocycles. The highest BCUT2D eigenvalue weighted by Crippen LogP contribution is 2.02. The molecular weight excluding hydrogens is 246 g/mol. The molecule has 0 aliphatic heterocycles. The van der Waals surface area contributed by atoms with Crippen molar-refractivity contribution >= 4 is 16.5 Å². The van der Waals surface area contributed by atoms with Crippen LogP contribution in [0.3, 0.4) is 0 Å². The second-order valence-electron chi connectivity index (χ2n) is 3.06. The van der Waals surface area contributed by atoms with Gasteiger partial charge in [0.15, 0.2) is 0 Å². The Morgan fingerprint density at radius 1 is 1.41 bits per heavy atom. The highest BCUT2D eigenvalue weighted by Gasteiger charge is 2.03. The van der Waals surface area contributed by atoms with Crippen LogP contribution in [0.1, 0.15) is 11.4 Å². The number of pyridine rings is 1. The molecule has 0 atom stereocenters. The van der Waals surface area contributed by atoms with Gasteiger partial charge in [0.1, 0.15) is 0 Å². The molecule has 0 radical (unpaired) electrons. The van der Waals surface area contributed by atoms with E-state index in [2.05, 4.69) is 15.7 Å². The molecule has 0 bridgehead atoms. The maximum atomic E-state index is 10.2. The van der Waals surface area contributed by atoms with Gasteiger partial charge in [-0.3, -0.25) is 9.54 Å². The topological polar surface area (TPSA) is 85.7 Å². The number of ether oxygens (including phenoxy) is 1. The first-order valence-corrected chi connectivity index (χ1v) is 6.16. The van der Waals surface area contributed by atoms with Crippen LogP contribution in [0.2, 0.25) is 0 Å². The van der Waals surface area contributed by atoms with E-state index in [4.69, 9.17) is 9.29 Å². The Balaban J connectivity index is 2.29. The molecule has 0 spiro atoms. The third-order valence-corrected chi connectivity index (χ3v) is 2.21. The smallest absolute Gasteiger partial charge is 0.373 e. The minimum absolute atomic E-state index is 0.0415. The number of nitrogens with zero attached hydrogens (tertiary/aromatic N) is 1. The van der Waals surface area contributed by atoms with Crippen LogP contribution in [0.25, 0.3) is 6.08 Å². The fourth-order valence-electron chi connectivity index (χ4n) is 1.07. The summed E-state index contributed by atoms with van der Waals surface area (Å²) in [7, 11) is -4.39. The van der Waals surface area contributed by atoms with E-state index in [1.54, 1.807) is 18.2 Å². The van der Waals surface area contributed by atoms with Gasteiger partial charge in [-0.25, -0.2) is 4.18 Å². The van der Waals surface area contributed by atoms with Crippen LogP contribution < -0.4 is 0 Å². The standard InChI is InChI=1S/C10H13NO5S/c1-2-9-4-3-5-10(11-9)8-15-6-7-16-17(12,13)14/h2-5H,1,6-8H2,(H,12,13,14). The zero-order chi connectivity index (χ0) is 12.7. The molecule has 7 heteroatoms. The molecular formula is C10H13NO5S. The van der Waals surface area contributed by atoms with Gasteiger partial charge in [-0.05, 0) is 18.2 Å². The Bertz CT molecular complexity index is 471. The molecule has 1 N–H and O–H groups in total. The summed E-state index contributed by atoms with van der Waals surface area (Å²) >= 11 is 0. The zero-order valence-corrected chi connectivity index (χ0v) is 9.89. The molecule has 0 aromatic carbocycles. The largest absolute Gasteiger partial charge is 0.397 e. The van der Waals surface area contributed by atoms with E-state index in [9.17, 15) is 8.42 Å². The predicted octanol–water partition coefficient (Wildman–Crippen LogP) is 1.06. The minimum atomic E-state index is -4.39. The molecule has 94 valence electrons. The van der Waals surface area contributed by atoms with Crippen molar-refractivity contribution in [3.05, 3.63) is 36.2 Å². The Morgan fingerprint density at radius 2 is 2.18 bits per heavy atom. The van der Waals surface area contributed by atoms with Crippen molar-refractivity contribution in [3.63, 3.8) is 0 Å². The Kier molecular flexibility index (Phi) is 5.23. The third-order valence-electron chi connectivity index (χ3n) is 1.75. The van der Waals surface area contributed by atoms with E-state index in [1.165, 1.54) is 0 Å². The van der Waals surface area contributed by atoms with Gasteiger partial charge in [0.05, 0.1) is 31.2 Å². The van der Waals surface area contributed by atoms with Gasteiger partial charge in [-0.1, -0.05) is 12.6 Å². The summed E-state index contributed by atoms with van der Waals surface area (Å²) < 4.78 is 37.9. The lowest BCUT2D eigenvalue weighted by atomic mass is 10.3. The SMILES string of the molecule is C=Cc1cccc(COCCOS(=O)(=O)O)n1. The van der Waals surface area contributed by atoms with E-state index >= 15 is 0 Å². The molecule has 0 saturated heterocycles. The van der Waals surface area contributed by atoms with Gasteiger partial charge >= 0.3 is 10.4 Å². The maximum Gasteiger partial charge on any atom is 0.397 e. The van der Waals surface area contributed by atoms with Gasteiger partial charge in [-0.15, -0.1) is 0 Å². The number of rotatable bonds is 7. The summed E-state index contributed by atoms with van der Waals surface area (Å²) in [5, 5.41) is 0. The van der Waals surface area contributed by atoms with Crippen molar-refractivity contribution in [2.24, 2.45) is 0 Å². The summed E-state index contributed by atoms with van der Waals surface area (Å²) in [6.07, 6.45) is 1.62. The van der Waals surface area contributed by atoms with Crippen molar-refractivity contribution < 1.29 is 21.9 Å². The van der Waals surface area contributed by atoms with Gasteiger partial charge in [-0.2, -0.15) is 8.42 Å². The maximum absolute atomic E-state index is 10.2. The molecule has 0 fully saturated rings. The highest BCUT2D eigenvalue weighted by molar-refractivity contribution is 7.80. The average Bonchev–Trinajstić information content (AvgIpc) is 2.27. The first-order chi connectivity index (χ1) is 8.01. The van der Waals surface area contributed by atoms with E-state index < -0.39 is 10.4 Å². The highest BCUT2D eigenvalue weighted by atomic mass is 32.3. The van der Waals surface area contributed by atoms with E-state index in [0.29, 0.717) is 5.69 Å². The molecule has 0 amide bonds. The molecule has 0 aliphatic rings. The van der Waals surface area contributed by atoms with E-state index in [1.807, 2.05) is 6.07 Å². The van der Waals surface area contributed by atoms with Crippen LogP contribution in [0.5, 0.6) is 0 Å². The Labute approximate surface area is 99.9 Å². The van der Waals surface area contributed by atoms with Gasteiger partial charge in [0.2, 0.25) is 0 Å². The zero-order valence-electron chi connectivity index (χ0n) is 9.07. The molecule has 17 heavy (non-hydrogen) atoms. The molecule has 0 aliphatic carbocycles. The number of hydrogen-bond acceptors (Lipinski definition) is 5. The molecule has 6 nitrogen and oxygen atoms in total. The summed E-state index contributed by atoms with van der Waals surface area (Å²) in [6, 6.07) is 5.39. The number of aromatic nitrogens is 1. The van der Waals surface area contributed by atoms with E-state index in [-0.39, 0.29) is 19.8 Å². The molecule has 0 unspecified atom stereocenters. The molecule has 1 aromatic rings. The summed E-state index contributed by atoms with van der Waals surface area (Å²) in [6.45, 7) is 3.63. The van der Waals surface area contributed by atoms with Crippen molar-refractivity contribution in [2.45, 2.75) is 6.61 Å². The van der Waals surface area contributed by atoms with Crippen LogP contribution in [0.4, 0.5) is 0 Å². The second kappa shape index (κ2) is 6.45. The van der Waals surface area contributed by atoms with Gasteiger partial charge in [0.25, 0.3) is 0 Å². The minimum Gasteiger partial charge on any atom is -0.373 e. The first-order valence-electron chi connectivity index (χ1n) is 4.79. The van der Waals surface area contributed by atoms with Crippen molar-refractivity contribution in [2.75, 3.05) is 13.2 Å². The fraction of sp³-hybridized carbons (Fsp3) is 0.300. The van der Waals surface area contributed by atoms with Crippen LogP contribution in [0, 0.1) is 0 Å². The lowest BCUT2D eigenvalue weighted by Crippen LogP contribution is -2.10. The van der Waals surface area contributed by atoms with Gasteiger partial charge in [0, 0.05) is 0 Å². The predicted molar refractivity (Wildman–Crippen MR) is 61.5 cm³/mol. The quantitative estimate of drug-likeness (QED) is 0.582. The Hall–Kier alpha value is -1.28. The van der Waals surface area contributed by atoms with Crippen LogP contribution in [0.15, 0.2) is 24.8 Å². The van der Waals surface area contributed by atoms with Crippen LogP contribution in [-0.2, 0) is 25.9 Å². The number of hydrogen-bond donors (Lipinski definition) is 1. The second-order valence-corrected chi connectivity index (χ2v) is 4.15. The molecule has 1 rings (SSSR count). The first kappa shape index (κ1) is 13.8. The Morgan fingerprint density at radius 3 is 2.82 bits per heavy atom. The molecule has 0 saturated carbocycles. The summed E-state index contributed by atoms with van der Waals surface area (Å²) in [5.74, 6) is 0. The summed E-state index contributed by atoms with van der Waals surface area (Å²) in [5.41, 5.74) is 1.44. The third kappa shape index (κ3) is 6.12. The average molecular weight is 259 g/mol. The van der Waals surface area contributed by atoms with Crippen LogP contribution in [-0.4, -0.2) is 31.2 Å². The van der Waals surface area contributed by atoms with Crippen molar-refractivity contribution in [1.82, 2.24) is 4.98 Å². The fourth-order valence-corrected chi connectivity index (χ4v) is 1.35. The van der Waals surface area contributed by atoms with Crippen molar-refractivity contribution in [1.29, 1.82) is 0 Å². The lowest BCUT2D eigenvalue weighted by Gasteiger charge is -2.04. The lowest BCUT2D eigenvalue weighted by molar-refractivity contribution is 0.0847. The monoisotopic (exact) mass is 259 g/mol.